The number of aromatic nitrogens is 3. The molecule has 3 rings (SSSR count). The molecular formula is C22H28N4O4S. The monoisotopic (exact) mass is 444 g/mol. The molecule has 2 heterocycles. The average Bonchev–Trinajstić information content (AvgIpc) is 2.75. The van der Waals surface area contributed by atoms with Gasteiger partial charge in [0.25, 0.3) is 5.56 Å². The minimum atomic E-state index is -3.97. The Bertz CT molecular complexity index is 1310. The van der Waals surface area contributed by atoms with Crippen molar-refractivity contribution < 1.29 is 8.42 Å². The quantitative estimate of drug-likeness (QED) is 0.582. The molecular weight excluding hydrogens is 416 g/mol. The van der Waals surface area contributed by atoms with E-state index in [2.05, 4.69) is 28.5 Å². The fourth-order valence-corrected chi connectivity index (χ4v) is 4.80. The number of rotatable bonds is 7. The molecule has 0 fully saturated rings. The third-order valence-corrected chi connectivity index (χ3v) is 7.07. The first kappa shape index (κ1) is 22.9. The van der Waals surface area contributed by atoms with Crippen LogP contribution in [0.15, 0.2) is 51.0 Å². The first-order valence-electron chi connectivity index (χ1n) is 10.3. The number of hydrogen-bond donors (Lipinski definition) is 2. The van der Waals surface area contributed by atoms with Crippen molar-refractivity contribution in [1.29, 1.82) is 0 Å². The summed E-state index contributed by atoms with van der Waals surface area (Å²) in [6, 6.07) is 8.76. The van der Waals surface area contributed by atoms with Gasteiger partial charge in [-0.3, -0.25) is 14.3 Å². The maximum atomic E-state index is 13.1. The molecule has 0 saturated heterocycles. The van der Waals surface area contributed by atoms with Crippen molar-refractivity contribution in [1.82, 2.24) is 19.3 Å². The van der Waals surface area contributed by atoms with Crippen molar-refractivity contribution in [3.8, 4) is 0 Å². The maximum Gasteiger partial charge on any atom is 0.329 e. The Balaban J connectivity index is 1.98. The third kappa shape index (κ3) is 4.62. The molecule has 9 heteroatoms. The summed E-state index contributed by atoms with van der Waals surface area (Å²) in [6.45, 7) is 8.16. The van der Waals surface area contributed by atoms with Crippen LogP contribution in [0, 0.1) is 5.92 Å². The van der Waals surface area contributed by atoms with Gasteiger partial charge in [0.05, 0.1) is 5.39 Å². The van der Waals surface area contributed by atoms with Crippen LogP contribution < -0.4 is 16.0 Å². The summed E-state index contributed by atoms with van der Waals surface area (Å²) in [6.07, 6.45) is 2.19. The first-order valence-corrected chi connectivity index (χ1v) is 11.7. The standard InChI is InChI=1S/C22H28N4O4S/c1-6-14(4)15-7-9-16(10-8-15)19(13(2)3)25-31(29,30)17-11-18-20(23-12-17)26(5)22(28)24-21(18)27/h7-14,19,25H,6H2,1-5H3,(H,24,27,28). The van der Waals surface area contributed by atoms with Gasteiger partial charge in [-0.05, 0) is 35.4 Å². The Morgan fingerprint density at radius 2 is 1.71 bits per heavy atom. The van der Waals surface area contributed by atoms with E-state index < -0.39 is 27.3 Å². The molecule has 166 valence electrons. The van der Waals surface area contributed by atoms with E-state index in [1.54, 1.807) is 0 Å². The molecule has 0 spiro atoms. The lowest BCUT2D eigenvalue weighted by molar-refractivity contribution is 0.463. The van der Waals surface area contributed by atoms with Crippen LogP contribution >= 0.6 is 0 Å². The molecule has 8 nitrogen and oxygen atoms in total. The van der Waals surface area contributed by atoms with Crippen LogP contribution in [0.25, 0.3) is 11.0 Å². The van der Waals surface area contributed by atoms with E-state index >= 15 is 0 Å². The van der Waals surface area contributed by atoms with Gasteiger partial charge in [-0.15, -0.1) is 0 Å². The van der Waals surface area contributed by atoms with E-state index in [0.29, 0.717) is 5.92 Å². The SMILES string of the molecule is CCC(C)c1ccc(C(NS(=O)(=O)c2cnc3c(c2)c(=O)[nH]c(=O)n3C)C(C)C)cc1. The summed E-state index contributed by atoms with van der Waals surface area (Å²) < 4.78 is 30.1. The van der Waals surface area contributed by atoms with Crippen LogP contribution in [-0.2, 0) is 17.1 Å². The van der Waals surface area contributed by atoms with Crippen LogP contribution in [0.1, 0.15) is 57.2 Å². The molecule has 0 amide bonds. The van der Waals surface area contributed by atoms with Crippen LogP contribution in [0.3, 0.4) is 0 Å². The summed E-state index contributed by atoms with van der Waals surface area (Å²) in [7, 11) is -2.51. The topological polar surface area (TPSA) is 114 Å². The molecule has 0 saturated carbocycles. The minimum Gasteiger partial charge on any atom is -0.281 e. The summed E-state index contributed by atoms with van der Waals surface area (Å²) in [4.78, 5) is 30.0. The molecule has 0 aliphatic heterocycles. The van der Waals surface area contributed by atoms with Gasteiger partial charge in [-0.1, -0.05) is 52.0 Å². The van der Waals surface area contributed by atoms with Crippen LogP contribution in [-0.4, -0.2) is 23.0 Å². The molecule has 0 aliphatic carbocycles. The highest BCUT2D eigenvalue weighted by molar-refractivity contribution is 7.89. The zero-order valence-electron chi connectivity index (χ0n) is 18.3. The lowest BCUT2D eigenvalue weighted by Gasteiger charge is -2.23. The number of H-pyrrole nitrogens is 1. The number of hydrogen-bond acceptors (Lipinski definition) is 5. The minimum absolute atomic E-state index is 0.0122. The Hall–Kier alpha value is -2.78. The molecule has 2 unspecified atom stereocenters. The van der Waals surface area contributed by atoms with Crippen molar-refractivity contribution >= 4 is 21.1 Å². The lowest BCUT2D eigenvalue weighted by atomic mass is 9.93. The second kappa shape index (κ2) is 8.76. The van der Waals surface area contributed by atoms with Gasteiger partial charge in [0.2, 0.25) is 10.0 Å². The zero-order chi connectivity index (χ0) is 22.9. The summed E-state index contributed by atoms with van der Waals surface area (Å²) >= 11 is 0. The number of benzene rings is 1. The van der Waals surface area contributed by atoms with Gasteiger partial charge in [0.1, 0.15) is 10.5 Å². The highest BCUT2D eigenvalue weighted by Gasteiger charge is 2.25. The van der Waals surface area contributed by atoms with E-state index in [9.17, 15) is 18.0 Å². The normalized spacial score (nSPS) is 14.1. The number of nitrogens with one attached hydrogen (secondary N) is 2. The molecule has 0 aliphatic rings. The van der Waals surface area contributed by atoms with Crippen LogP contribution in [0.2, 0.25) is 0 Å². The Labute approximate surface area is 181 Å². The van der Waals surface area contributed by atoms with E-state index in [-0.39, 0.29) is 21.8 Å². The van der Waals surface area contributed by atoms with Crippen molar-refractivity contribution in [3.63, 3.8) is 0 Å². The fourth-order valence-electron chi connectivity index (χ4n) is 3.46. The van der Waals surface area contributed by atoms with E-state index in [1.165, 1.54) is 18.7 Å². The van der Waals surface area contributed by atoms with Crippen molar-refractivity contribution in [2.75, 3.05) is 0 Å². The fraction of sp³-hybridized carbons (Fsp3) is 0.409. The highest BCUT2D eigenvalue weighted by atomic mass is 32.2. The van der Waals surface area contributed by atoms with Gasteiger partial charge in [0, 0.05) is 19.3 Å². The number of aromatic amines is 1. The number of pyridine rings is 1. The molecule has 31 heavy (non-hydrogen) atoms. The van der Waals surface area contributed by atoms with Gasteiger partial charge >= 0.3 is 5.69 Å². The predicted molar refractivity (Wildman–Crippen MR) is 121 cm³/mol. The van der Waals surface area contributed by atoms with E-state index in [1.807, 2.05) is 38.1 Å². The maximum absolute atomic E-state index is 13.1. The van der Waals surface area contributed by atoms with E-state index in [4.69, 9.17) is 0 Å². The summed E-state index contributed by atoms with van der Waals surface area (Å²) in [5.41, 5.74) is 0.900. The predicted octanol–water partition coefficient (Wildman–Crippen LogP) is 2.81. The second-order valence-electron chi connectivity index (χ2n) is 8.18. The molecule has 2 atom stereocenters. The number of nitrogens with zero attached hydrogens (tertiary/aromatic N) is 2. The van der Waals surface area contributed by atoms with E-state index in [0.717, 1.165) is 22.7 Å². The molecule has 0 bridgehead atoms. The zero-order valence-corrected chi connectivity index (χ0v) is 19.2. The van der Waals surface area contributed by atoms with Gasteiger partial charge in [-0.25, -0.2) is 22.9 Å². The van der Waals surface area contributed by atoms with Gasteiger partial charge < -0.3 is 0 Å². The number of fused-ring (bicyclic) bond motifs is 1. The van der Waals surface area contributed by atoms with Crippen molar-refractivity contribution in [3.05, 3.63) is 68.5 Å². The summed E-state index contributed by atoms with van der Waals surface area (Å²) in [5, 5.41) is 0.0315. The largest absolute Gasteiger partial charge is 0.329 e. The van der Waals surface area contributed by atoms with Gasteiger partial charge in [-0.2, -0.15) is 0 Å². The van der Waals surface area contributed by atoms with Crippen LogP contribution in [0.4, 0.5) is 0 Å². The van der Waals surface area contributed by atoms with Crippen molar-refractivity contribution in [2.24, 2.45) is 13.0 Å². The Morgan fingerprint density at radius 1 is 1.10 bits per heavy atom. The van der Waals surface area contributed by atoms with Crippen LogP contribution in [0.5, 0.6) is 0 Å². The molecule has 2 aromatic heterocycles. The Kier molecular flexibility index (Phi) is 6.47. The van der Waals surface area contributed by atoms with Gasteiger partial charge in [0.15, 0.2) is 0 Å². The number of sulfonamides is 1. The Morgan fingerprint density at radius 3 is 2.29 bits per heavy atom. The lowest BCUT2D eigenvalue weighted by Crippen LogP contribution is -2.32. The summed E-state index contributed by atoms with van der Waals surface area (Å²) in [5.74, 6) is 0.419. The number of aryl methyl sites for hydroxylation is 1. The molecule has 1 aromatic carbocycles. The first-order chi connectivity index (χ1) is 14.5. The smallest absolute Gasteiger partial charge is 0.281 e. The second-order valence-corrected chi connectivity index (χ2v) is 9.89. The third-order valence-electron chi connectivity index (χ3n) is 5.67. The average molecular weight is 445 g/mol. The highest BCUT2D eigenvalue weighted by Crippen LogP contribution is 2.27. The van der Waals surface area contributed by atoms with Crippen molar-refractivity contribution in [2.45, 2.75) is 51.0 Å². The molecule has 0 radical (unpaired) electrons. The molecule has 3 aromatic rings. The molecule has 2 N–H and O–H groups in total.